The third-order valence-corrected chi connectivity index (χ3v) is 3.97. The molecule has 0 aliphatic carbocycles. The van der Waals surface area contributed by atoms with E-state index >= 15 is 0 Å². The molecule has 21 heavy (non-hydrogen) atoms. The highest BCUT2D eigenvalue weighted by Gasteiger charge is 2.19. The minimum absolute atomic E-state index is 0.537. The van der Waals surface area contributed by atoms with E-state index in [1.807, 2.05) is 26.0 Å². The first kappa shape index (κ1) is 15.7. The van der Waals surface area contributed by atoms with Crippen LogP contribution in [0.3, 0.4) is 0 Å². The molecule has 3 nitrogen and oxygen atoms in total. The van der Waals surface area contributed by atoms with Crippen LogP contribution in [-0.4, -0.2) is 19.3 Å². The summed E-state index contributed by atoms with van der Waals surface area (Å²) < 4.78 is 10.5. The smallest absolute Gasteiger partial charge is 0.125 e. The maximum absolute atomic E-state index is 10.7. The summed E-state index contributed by atoms with van der Waals surface area (Å²) in [5, 5.41) is 11.2. The number of methoxy groups -OCH3 is 2. The Hall–Kier alpha value is -1.71. The lowest BCUT2D eigenvalue weighted by molar-refractivity contribution is 0.214. The van der Waals surface area contributed by atoms with Gasteiger partial charge in [-0.1, -0.05) is 17.7 Å². The van der Waals surface area contributed by atoms with Gasteiger partial charge >= 0.3 is 0 Å². The molecule has 0 saturated carbocycles. The zero-order chi connectivity index (χ0) is 15.6. The highest BCUT2D eigenvalue weighted by molar-refractivity contribution is 6.31. The van der Waals surface area contributed by atoms with Crippen LogP contribution >= 0.6 is 11.6 Å². The van der Waals surface area contributed by atoms with Gasteiger partial charge in [0.15, 0.2) is 0 Å². The fourth-order valence-electron chi connectivity index (χ4n) is 2.23. The van der Waals surface area contributed by atoms with Crippen LogP contribution in [0.4, 0.5) is 0 Å². The van der Waals surface area contributed by atoms with Crippen LogP contribution < -0.4 is 9.47 Å². The van der Waals surface area contributed by atoms with Crippen molar-refractivity contribution in [3.8, 4) is 11.5 Å². The average Bonchev–Trinajstić information content (AvgIpc) is 2.49. The average molecular weight is 307 g/mol. The van der Waals surface area contributed by atoms with Gasteiger partial charge in [-0.2, -0.15) is 0 Å². The first-order chi connectivity index (χ1) is 9.97. The van der Waals surface area contributed by atoms with Crippen molar-refractivity contribution in [2.45, 2.75) is 20.0 Å². The molecule has 0 fully saturated rings. The topological polar surface area (TPSA) is 38.7 Å². The molecule has 4 heteroatoms. The molecule has 112 valence electrons. The van der Waals surface area contributed by atoms with Crippen LogP contribution in [-0.2, 0) is 0 Å². The Balaban J connectivity index is 2.53. The number of rotatable bonds is 4. The van der Waals surface area contributed by atoms with Crippen LogP contribution in [0, 0.1) is 13.8 Å². The van der Waals surface area contributed by atoms with E-state index in [1.165, 1.54) is 0 Å². The predicted molar refractivity (Wildman–Crippen MR) is 84.5 cm³/mol. The van der Waals surface area contributed by atoms with Crippen LogP contribution in [0.15, 0.2) is 30.3 Å². The van der Waals surface area contributed by atoms with Gasteiger partial charge in [0.25, 0.3) is 0 Å². The van der Waals surface area contributed by atoms with E-state index in [0.29, 0.717) is 27.6 Å². The molecule has 1 atom stereocenters. The zero-order valence-electron chi connectivity index (χ0n) is 12.6. The van der Waals surface area contributed by atoms with E-state index in [2.05, 4.69) is 0 Å². The van der Waals surface area contributed by atoms with Gasteiger partial charge < -0.3 is 14.6 Å². The summed E-state index contributed by atoms with van der Waals surface area (Å²) in [5.41, 5.74) is 3.46. The maximum Gasteiger partial charge on any atom is 0.125 e. The Morgan fingerprint density at radius 1 is 0.952 bits per heavy atom. The van der Waals surface area contributed by atoms with Crippen molar-refractivity contribution in [3.63, 3.8) is 0 Å². The SMILES string of the molecule is COc1ccc(OC)c(C(O)c2cc(C)c(C)cc2Cl)c1. The molecule has 0 spiro atoms. The Bertz CT molecular complexity index is 653. The van der Waals surface area contributed by atoms with Crippen molar-refractivity contribution >= 4 is 11.6 Å². The molecule has 2 rings (SSSR count). The predicted octanol–water partition coefficient (Wildman–Crippen LogP) is 4.06. The minimum atomic E-state index is -0.873. The summed E-state index contributed by atoms with van der Waals surface area (Å²) in [6.45, 7) is 3.98. The quantitative estimate of drug-likeness (QED) is 0.926. The molecular weight excluding hydrogens is 288 g/mol. The fraction of sp³-hybridized carbons (Fsp3) is 0.294. The van der Waals surface area contributed by atoms with Crippen molar-refractivity contribution in [1.82, 2.24) is 0 Å². The molecule has 0 aromatic heterocycles. The maximum atomic E-state index is 10.7. The summed E-state index contributed by atoms with van der Waals surface area (Å²) in [4.78, 5) is 0. The number of aryl methyl sites for hydroxylation is 2. The van der Waals surface area contributed by atoms with E-state index in [-0.39, 0.29) is 0 Å². The lowest BCUT2D eigenvalue weighted by Gasteiger charge is -2.18. The van der Waals surface area contributed by atoms with Crippen LogP contribution in [0.1, 0.15) is 28.4 Å². The van der Waals surface area contributed by atoms with E-state index in [0.717, 1.165) is 11.1 Å². The summed E-state index contributed by atoms with van der Waals surface area (Å²) in [5.74, 6) is 1.25. The normalized spacial score (nSPS) is 12.1. The monoisotopic (exact) mass is 306 g/mol. The summed E-state index contributed by atoms with van der Waals surface area (Å²) in [7, 11) is 3.15. The largest absolute Gasteiger partial charge is 0.497 e. The summed E-state index contributed by atoms with van der Waals surface area (Å²) in [6.07, 6.45) is -0.873. The van der Waals surface area contributed by atoms with Crippen molar-refractivity contribution in [1.29, 1.82) is 0 Å². The number of ether oxygens (including phenoxy) is 2. The van der Waals surface area contributed by atoms with Gasteiger partial charge in [-0.25, -0.2) is 0 Å². The molecule has 0 saturated heterocycles. The highest BCUT2D eigenvalue weighted by Crippen LogP contribution is 2.36. The summed E-state index contributed by atoms with van der Waals surface area (Å²) in [6, 6.07) is 9.09. The molecule has 0 bridgehead atoms. The van der Waals surface area contributed by atoms with Crippen LogP contribution in [0.2, 0.25) is 5.02 Å². The van der Waals surface area contributed by atoms with Gasteiger partial charge in [-0.3, -0.25) is 0 Å². The number of hydrogen-bond donors (Lipinski definition) is 1. The third kappa shape index (κ3) is 3.14. The fourth-order valence-corrected chi connectivity index (χ4v) is 2.56. The van der Waals surface area contributed by atoms with Crippen molar-refractivity contribution in [2.75, 3.05) is 14.2 Å². The molecule has 2 aromatic carbocycles. The number of benzene rings is 2. The molecule has 0 amide bonds. The van der Waals surface area contributed by atoms with Gasteiger partial charge in [0.05, 0.1) is 14.2 Å². The number of aliphatic hydroxyl groups excluding tert-OH is 1. The Kier molecular flexibility index (Phi) is 4.76. The lowest BCUT2D eigenvalue weighted by Crippen LogP contribution is -2.04. The highest BCUT2D eigenvalue weighted by atomic mass is 35.5. The Morgan fingerprint density at radius 2 is 1.62 bits per heavy atom. The minimum Gasteiger partial charge on any atom is -0.497 e. The zero-order valence-corrected chi connectivity index (χ0v) is 13.4. The molecule has 2 aromatic rings. The second kappa shape index (κ2) is 6.37. The van der Waals surface area contributed by atoms with Crippen LogP contribution in [0.5, 0.6) is 11.5 Å². The molecule has 1 N–H and O–H groups in total. The second-order valence-electron chi connectivity index (χ2n) is 4.97. The standard InChI is InChI=1S/C17H19ClO3/c1-10-7-13(15(18)8-11(10)2)17(19)14-9-12(20-3)5-6-16(14)21-4/h5-9,17,19H,1-4H3. The molecule has 0 aliphatic heterocycles. The van der Waals surface area contributed by atoms with Gasteiger partial charge in [-0.15, -0.1) is 0 Å². The van der Waals surface area contributed by atoms with Crippen LogP contribution in [0.25, 0.3) is 0 Å². The van der Waals surface area contributed by atoms with E-state index in [9.17, 15) is 5.11 Å². The molecular formula is C17H19ClO3. The second-order valence-corrected chi connectivity index (χ2v) is 5.38. The lowest BCUT2D eigenvalue weighted by atomic mass is 9.97. The Labute approximate surface area is 130 Å². The first-order valence-electron chi connectivity index (χ1n) is 6.64. The van der Waals surface area contributed by atoms with Crippen molar-refractivity contribution in [2.24, 2.45) is 0 Å². The summed E-state index contributed by atoms with van der Waals surface area (Å²) >= 11 is 6.28. The number of hydrogen-bond acceptors (Lipinski definition) is 3. The van der Waals surface area contributed by atoms with E-state index in [1.54, 1.807) is 32.4 Å². The van der Waals surface area contributed by atoms with E-state index in [4.69, 9.17) is 21.1 Å². The Morgan fingerprint density at radius 3 is 2.24 bits per heavy atom. The van der Waals surface area contributed by atoms with Gasteiger partial charge in [0.2, 0.25) is 0 Å². The molecule has 0 radical (unpaired) electrons. The van der Waals surface area contributed by atoms with E-state index < -0.39 is 6.10 Å². The number of aliphatic hydroxyl groups is 1. The molecule has 1 unspecified atom stereocenters. The third-order valence-electron chi connectivity index (χ3n) is 3.64. The van der Waals surface area contributed by atoms with Gasteiger partial charge in [0.1, 0.15) is 17.6 Å². The molecule has 0 aliphatic rings. The van der Waals surface area contributed by atoms with Gasteiger partial charge in [-0.05, 0) is 49.2 Å². The number of halogens is 1. The van der Waals surface area contributed by atoms with Crippen molar-refractivity contribution < 1.29 is 14.6 Å². The van der Waals surface area contributed by atoms with Gasteiger partial charge in [0, 0.05) is 16.1 Å². The first-order valence-corrected chi connectivity index (χ1v) is 7.02. The molecule has 0 heterocycles. The van der Waals surface area contributed by atoms with Crippen molar-refractivity contribution in [3.05, 3.63) is 57.6 Å².